The molecule has 0 aromatic heterocycles. The lowest BCUT2D eigenvalue weighted by molar-refractivity contribution is -0.138. The van der Waals surface area contributed by atoms with Crippen LogP contribution in [0.1, 0.15) is 53.4 Å². The van der Waals surface area contributed by atoms with E-state index >= 15 is 0 Å². The van der Waals surface area contributed by atoms with Crippen LogP contribution in [0.5, 0.6) is 0 Å². The highest BCUT2D eigenvalue weighted by atomic mass is 16.2. The van der Waals surface area contributed by atoms with Gasteiger partial charge in [0.15, 0.2) is 0 Å². The quantitative estimate of drug-likeness (QED) is 0.760. The van der Waals surface area contributed by atoms with Crippen LogP contribution in [0.25, 0.3) is 0 Å². The maximum absolute atomic E-state index is 12.1. The molecular weight excluding hydrogens is 188 g/mol. The van der Waals surface area contributed by atoms with Crippen molar-refractivity contribution in [1.29, 1.82) is 0 Å². The number of hydrogen-bond donors (Lipinski definition) is 1. The minimum atomic E-state index is -0.395. The fraction of sp³-hybridized carbons (Fsp3) is 0.917. The van der Waals surface area contributed by atoms with Crippen molar-refractivity contribution in [3.05, 3.63) is 0 Å². The molecule has 1 saturated heterocycles. The molecular formula is C12H24N2O. The van der Waals surface area contributed by atoms with Gasteiger partial charge in [0.1, 0.15) is 0 Å². The summed E-state index contributed by atoms with van der Waals surface area (Å²) in [5.41, 5.74) is 5.49. The molecule has 1 fully saturated rings. The van der Waals surface area contributed by atoms with E-state index in [1.165, 1.54) is 6.42 Å². The fourth-order valence-electron chi connectivity index (χ4n) is 2.39. The second-order valence-corrected chi connectivity index (χ2v) is 5.60. The third kappa shape index (κ3) is 3.49. The number of carbonyl (C=O) groups excluding carboxylic acids is 1. The number of rotatable bonds is 2. The normalized spacial score (nSPS) is 27.9. The van der Waals surface area contributed by atoms with E-state index in [0.717, 1.165) is 12.8 Å². The standard InChI is InChI=1S/C12H24N2O/c1-9-6-5-7-10(2)14(9)11(15)8-12(3,4)13/h9-10H,5-8,13H2,1-4H3. The largest absolute Gasteiger partial charge is 0.337 e. The number of likely N-dealkylation sites (tertiary alicyclic amines) is 1. The van der Waals surface area contributed by atoms with Crippen LogP contribution in [0.2, 0.25) is 0 Å². The summed E-state index contributed by atoms with van der Waals surface area (Å²) in [6.45, 7) is 8.09. The van der Waals surface area contributed by atoms with E-state index < -0.39 is 5.54 Å². The van der Waals surface area contributed by atoms with E-state index in [1.807, 2.05) is 18.7 Å². The van der Waals surface area contributed by atoms with Gasteiger partial charge in [0, 0.05) is 24.0 Å². The molecule has 3 heteroatoms. The lowest BCUT2D eigenvalue weighted by Crippen LogP contribution is -2.50. The van der Waals surface area contributed by atoms with Crippen LogP contribution in [0.3, 0.4) is 0 Å². The maximum Gasteiger partial charge on any atom is 0.224 e. The Morgan fingerprint density at radius 3 is 2.20 bits per heavy atom. The molecule has 0 aromatic rings. The van der Waals surface area contributed by atoms with Crippen molar-refractivity contribution in [2.45, 2.75) is 71.0 Å². The number of piperidine rings is 1. The summed E-state index contributed by atoms with van der Waals surface area (Å²) in [5, 5.41) is 0. The van der Waals surface area contributed by atoms with Crippen LogP contribution < -0.4 is 5.73 Å². The monoisotopic (exact) mass is 212 g/mol. The molecule has 1 aliphatic rings. The molecule has 2 N–H and O–H groups in total. The molecule has 0 spiro atoms. The van der Waals surface area contributed by atoms with Gasteiger partial charge >= 0.3 is 0 Å². The molecule has 0 radical (unpaired) electrons. The lowest BCUT2D eigenvalue weighted by Gasteiger charge is -2.40. The zero-order chi connectivity index (χ0) is 11.6. The van der Waals surface area contributed by atoms with E-state index in [2.05, 4.69) is 13.8 Å². The Morgan fingerprint density at radius 1 is 1.33 bits per heavy atom. The molecule has 2 unspecified atom stereocenters. The van der Waals surface area contributed by atoms with Gasteiger partial charge in [-0.2, -0.15) is 0 Å². The summed E-state index contributed by atoms with van der Waals surface area (Å²) in [5.74, 6) is 0.210. The Hall–Kier alpha value is -0.570. The van der Waals surface area contributed by atoms with Gasteiger partial charge in [0.25, 0.3) is 0 Å². The van der Waals surface area contributed by atoms with Gasteiger partial charge in [-0.1, -0.05) is 0 Å². The number of hydrogen-bond acceptors (Lipinski definition) is 2. The first-order valence-corrected chi connectivity index (χ1v) is 5.91. The van der Waals surface area contributed by atoms with E-state index in [0.29, 0.717) is 18.5 Å². The van der Waals surface area contributed by atoms with Crippen LogP contribution in [0.15, 0.2) is 0 Å². The van der Waals surface area contributed by atoms with Gasteiger partial charge in [-0.05, 0) is 47.0 Å². The van der Waals surface area contributed by atoms with Crippen molar-refractivity contribution in [2.24, 2.45) is 5.73 Å². The molecule has 1 aliphatic heterocycles. The number of nitrogens with two attached hydrogens (primary N) is 1. The van der Waals surface area contributed by atoms with E-state index in [9.17, 15) is 4.79 Å². The summed E-state index contributed by atoms with van der Waals surface area (Å²) in [7, 11) is 0. The van der Waals surface area contributed by atoms with Crippen LogP contribution in [-0.4, -0.2) is 28.4 Å². The summed E-state index contributed by atoms with van der Waals surface area (Å²) >= 11 is 0. The maximum atomic E-state index is 12.1. The minimum Gasteiger partial charge on any atom is -0.337 e. The molecule has 88 valence electrons. The SMILES string of the molecule is CC1CCCC(C)N1C(=O)CC(C)(C)N. The first kappa shape index (κ1) is 12.5. The van der Waals surface area contributed by atoms with Crippen LogP contribution >= 0.6 is 0 Å². The second kappa shape index (κ2) is 4.52. The average Bonchev–Trinajstić information content (AvgIpc) is 1.99. The summed E-state index contributed by atoms with van der Waals surface area (Å²) in [4.78, 5) is 14.1. The molecule has 1 amide bonds. The van der Waals surface area contributed by atoms with Gasteiger partial charge in [-0.3, -0.25) is 4.79 Å². The third-order valence-electron chi connectivity index (χ3n) is 3.09. The Kier molecular flexibility index (Phi) is 3.77. The van der Waals surface area contributed by atoms with Gasteiger partial charge in [-0.15, -0.1) is 0 Å². The van der Waals surface area contributed by atoms with Crippen molar-refractivity contribution in [3.63, 3.8) is 0 Å². The topological polar surface area (TPSA) is 46.3 Å². The predicted octanol–water partition coefficient (Wildman–Crippen LogP) is 1.90. The van der Waals surface area contributed by atoms with Crippen molar-refractivity contribution in [2.75, 3.05) is 0 Å². The molecule has 2 atom stereocenters. The van der Waals surface area contributed by atoms with Crippen molar-refractivity contribution in [1.82, 2.24) is 4.90 Å². The van der Waals surface area contributed by atoms with Gasteiger partial charge in [0.05, 0.1) is 0 Å². The molecule has 15 heavy (non-hydrogen) atoms. The molecule has 0 aromatic carbocycles. The molecule has 1 heterocycles. The number of nitrogens with zero attached hydrogens (tertiary/aromatic N) is 1. The first-order valence-electron chi connectivity index (χ1n) is 5.91. The summed E-state index contributed by atoms with van der Waals surface area (Å²) in [6.07, 6.45) is 3.93. The molecule has 3 nitrogen and oxygen atoms in total. The Morgan fingerprint density at radius 2 is 1.80 bits per heavy atom. The number of amides is 1. The smallest absolute Gasteiger partial charge is 0.224 e. The second-order valence-electron chi connectivity index (χ2n) is 5.60. The summed E-state index contributed by atoms with van der Waals surface area (Å²) in [6, 6.07) is 0.757. The highest BCUT2D eigenvalue weighted by Crippen LogP contribution is 2.24. The lowest BCUT2D eigenvalue weighted by atomic mass is 9.94. The van der Waals surface area contributed by atoms with Gasteiger partial charge in [-0.25, -0.2) is 0 Å². The van der Waals surface area contributed by atoms with Crippen LogP contribution in [-0.2, 0) is 4.79 Å². The Bertz CT molecular complexity index is 222. The predicted molar refractivity (Wildman–Crippen MR) is 62.5 cm³/mol. The Balaban J connectivity index is 2.64. The molecule has 1 rings (SSSR count). The zero-order valence-electron chi connectivity index (χ0n) is 10.4. The molecule has 0 aliphatic carbocycles. The van der Waals surface area contributed by atoms with E-state index in [1.54, 1.807) is 0 Å². The van der Waals surface area contributed by atoms with Crippen molar-refractivity contribution in [3.8, 4) is 0 Å². The average molecular weight is 212 g/mol. The van der Waals surface area contributed by atoms with E-state index in [4.69, 9.17) is 5.73 Å². The Labute approximate surface area is 93.0 Å². The highest BCUT2D eigenvalue weighted by Gasteiger charge is 2.30. The first-order chi connectivity index (χ1) is 6.81. The molecule has 0 saturated carbocycles. The molecule has 0 bridgehead atoms. The number of carbonyl (C=O) groups is 1. The van der Waals surface area contributed by atoms with Gasteiger partial charge in [0.2, 0.25) is 5.91 Å². The highest BCUT2D eigenvalue weighted by molar-refractivity contribution is 5.78. The summed E-state index contributed by atoms with van der Waals surface area (Å²) < 4.78 is 0. The van der Waals surface area contributed by atoms with E-state index in [-0.39, 0.29) is 5.91 Å². The minimum absolute atomic E-state index is 0.210. The van der Waals surface area contributed by atoms with Crippen LogP contribution in [0.4, 0.5) is 0 Å². The van der Waals surface area contributed by atoms with Crippen molar-refractivity contribution >= 4 is 5.91 Å². The fourth-order valence-corrected chi connectivity index (χ4v) is 2.39. The van der Waals surface area contributed by atoms with Crippen LogP contribution in [0, 0.1) is 0 Å². The third-order valence-corrected chi connectivity index (χ3v) is 3.09. The van der Waals surface area contributed by atoms with Gasteiger partial charge < -0.3 is 10.6 Å². The van der Waals surface area contributed by atoms with Crippen molar-refractivity contribution < 1.29 is 4.79 Å². The zero-order valence-corrected chi connectivity index (χ0v) is 10.4.